The van der Waals surface area contributed by atoms with Gasteiger partial charge in [0.25, 0.3) is 0 Å². The molecule has 0 saturated carbocycles. The highest BCUT2D eigenvalue weighted by molar-refractivity contribution is 9.10. The summed E-state index contributed by atoms with van der Waals surface area (Å²) < 4.78 is 1.55. The van der Waals surface area contributed by atoms with Gasteiger partial charge in [-0.05, 0) is 15.9 Å². The number of aromatic nitrogens is 2. The van der Waals surface area contributed by atoms with E-state index >= 15 is 0 Å². The van der Waals surface area contributed by atoms with Gasteiger partial charge >= 0.3 is 0 Å². The molecular formula is C11H17BrN2S. The molecule has 1 aromatic rings. The molecule has 0 bridgehead atoms. The molecule has 15 heavy (non-hydrogen) atoms. The van der Waals surface area contributed by atoms with Crippen molar-refractivity contribution in [1.82, 2.24) is 9.97 Å². The second-order valence-electron chi connectivity index (χ2n) is 5.02. The summed E-state index contributed by atoms with van der Waals surface area (Å²) in [7, 11) is 0. The van der Waals surface area contributed by atoms with E-state index in [4.69, 9.17) is 12.2 Å². The molecule has 1 aromatic heterocycles. The highest BCUT2D eigenvalue weighted by atomic mass is 79.9. The molecule has 0 amide bonds. The van der Waals surface area contributed by atoms with Gasteiger partial charge in [-0.3, -0.25) is 0 Å². The van der Waals surface area contributed by atoms with Crippen molar-refractivity contribution in [1.29, 1.82) is 0 Å². The maximum absolute atomic E-state index is 5.24. The molecule has 0 aromatic carbocycles. The number of hydrogen-bond acceptors (Lipinski definition) is 2. The molecule has 0 fully saturated rings. The third-order valence-corrected chi connectivity index (χ3v) is 3.51. The summed E-state index contributed by atoms with van der Waals surface area (Å²) in [6.07, 6.45) is 0. The summed E-state index contributed by atoms with van der Waals surface area (Å²) in [5.74, 6) is 1.31. The molecule has 1 rings (SSSR count). The molecule has 84 valence electrons. The van der Waals surface area contributed by atoms with Crippen LogP contribution in [0.3, 0.4) is 0 Å². The van der Waals surface area contributed by atoms with Gasteiger partial charge in [0.1, 0.15) is 10.5 Å². The Balaban J connectivity index is 3.46. The molecule has 0 aliphatic rings. The number of hydrogen-bond donors (Lipinski definition) is 1. The molecule has 0 radical (unpaired) electrons. The lowest BCUT2D eigenvalue weighted by atomic mass is 9.92. The van der Waals surface area contributed by atoms with Crippen molar-refractivity contribution in [3.05, 3.63) is 20.6 Å². The van der Waals surface area contributed by atoms with Crippen molar-refractivity contribution in [2.75, 3.05) is 0 Å². The van der Waals surface area contributed by atoms with Gasteiger partial charge in [-0.2, -0.15) is 0 Å². The minimum Gasteiger partial charge on any atom is -0.345 e. The van der Waals surface area contributed by atoms with Crippen molar-refractivity contribution < 1.29 is 0 Å². The summed E-state index contributed by atoms with van der Waals surface area (Å²) in [6.45, 7) is 10.7. The first-order valence-electron chi connectivity index (χ1n) is 5.03. The minimum atomic E-state index is 0.0406. The van der Waals surface area contributed by atoms with Crippen LogP contribution in [0.25, 0.3) is 0 Å². The molecule has 0 spiro atoms. The normalized spacial score (nSPS) is 12.2. The molecule has 0 aliphatic heterocycles. The van der Waals surface area contributed by atoms with Crippen LogP contribution in [0.5, 0.6) is 0 Å². The third kappa shape index (κ3) is 2.88. The second-order valence-corrected chi connectivity index (χ2v) is 6.20. The SMILES string of the molecule is CC(C)c1nc(=S)c(Br)c(C(C)(C)C)[nH]1. The molecule has 0 atom stereocenters. The Labute approximate surface area is 105 Å². The van der Waals surface area contributed by atoms with Crippen LogP contribution in [0.15, 0.2) is 4.47 Å². The van der Waals surface area contributed by atoms with E-state index in [0.29, 0.717) is 10.6 Å². The first kappa shape index (κ1) is 12.8. The van der Waals surface area contributed by atoms with E-state index in [-0.39, 0.29) is 5.41 Å². The Bertz CT molecular complexity index is 416. The van der Waals surface area contributed by atoms with Crippen molar-refractivity contribution in [2.45, 2.75) is 46.0 Å². The fourth-order valence-electron chi connectivity index (χ4n) is 1.27. The highest BCUT2D eigenvalue weighted by Gasteiger charge is 2.20. The Morgan fingerprint density at radius 1 is 1.33 bits per heavy atom. The smallest absolute Gasteiger partial charge is 0.144 e. The van der Waals surface area contributed by atoms with Crippen LogP contribution < -0.4 is 0 Å². The van der Waals surface area contributed by atoms with E-state index in [1.54, 1.807) is 0 Å². The van der Waals surface area contributed by atoms with Gasteiger partial charge in [0.2, 0.25) is 0 Å². The first-order chi connectivity index (χ1) is 6.73. The van der Waals surface area contributed by atoms with E-state index in [2.05, 4.69) is 60.5 Å². The number of nitrogens with zero attached hydrogens (tertiary/aromatic N) is 1. The van der Waals surface area contributed by atoms with Gasteiger partial charge in [-0.15, -0.1) is 0 Å². The fourth-order valence-corrected chi connectivity index (χ4v) is 2.25. The number of aromatic amines is 1. The van der Waals surface area contributed by atoms with E-state index in [1.165, 1.54) is 0 Å². The monoisotopic (exact) mass is 288 g/mol. The van der Waals surface area contributed by atoms with Crippen LogP contribution in [0.1, 0.15) is 52.1 Å². The number of H-pyrrole nitrogens is 1. The van der Waals surface area contributed by atoms with Gasteiger partial charge in [0, 0.05) is 17.0 Å². The van der Waals surface area contributed by atoms with Gasteiger partial charge < -0.3 is 4.98 Å². The van der Waals surface area contributed by atoms with E-state index in [9.17, 15) is 0 Å². The number of halogens is 1. The van der Waals surface area contributed by atoms with Crippen molar-refractivity contribution in [3.8, 4) is 0 Å². The van der Waals surface area contributed by atoms with Crippen LogP contribution in [-0.2, 0) is 5.41 Å². The lowest BCUT2D eigenvalue weighted by Crippen LogP contribution is -2.17. The van der Waals surface area contributed by atoms with Crippen LogP contribution in [0.2, 0.25) is 0 Å². The van der Waals surface area contributed by atoms with Crippen LogP contribution >= 0.6 is 28.1 Å². The lowest BCUT2D eigenvalue weighted by Gasteiger charge is -2.22. The Morgan fingerprint density at radius 3 is 2.27 bits per heavy atom. The second kappa shape index (κ2) is 4.34. The van der Waals surface area contributed by atoms with Crippen molar-refractivity contribution in [2.24, 2.45) is 0 Å². The summed E-state index contributed by atoms with van der Waals surface area (Å²) in [5.41, 5.74) is 1.16. The van der Waals surface area contributed by atoms with Crippen LogP contribution in [0.4, 0.5) is 0 Å². The summed E-state index contributed by atoms with van der Waals surface area (Å²) in [6, 6.07) is 0. The predicted octanol–water partition coefficient (Wildman–Crippen LogP) is 4.32. The molecule has 1 heterocycles. The first-order valence-corrected chi connectivity index (χ1v) is 6.23. The largest absolute Gasteiger partial charge is 0.345 e. The van der Waals surface area contributed by atoms with E-state index < -0.39 is 0 Å². The van der Waals surface area contributed by atoms with E-state index in [0.717, 1.165) is 16.0 Å². The predicted molar refractivity (Wildman–Crippen MR) is 69.9 cm³/mol. The summed E-state index contributed by atoms with van der Waals surface area (Å²) in [4.78, 5) is 7.73. The van der Waals surface area contributed by atoms with Crippen LogP contribution in [0, 0.1) is 4.64 Å². The standard InChI is InChI=1S/C11H17BrN2S/c1-6(2)9-13-8(11(3,4)5)7(12)10(15)14-9/h6H,1-5H3,(H,13,14,15). The van der Waals surface area contributed by atoms with Crippen molar-refractivity contribution >= 4 is 28.1 Å². The molecule has 0 saturated heterocycles. The van der Waals surface area contributed by atoms with Gasteiger partial charge in [0.15, 0.2) is 0 Å². The van der Waals surface area contributed by atoms with Crippen molar-refractivity contribution in [3.63, 3.8) is 0 Å². The maximum atomic E-state index is 5.24. The van der Waals surface area contributed by atoms with Crippen LogP contribution in [-0.4, -0.2) is 9.97 Å². The lowest BCUT2D eigenvalue weighted by molar-refractivity contribution is 0.553. The molecule has 0 aliphatic carbocycles. The Hall–Kier alpha value is -0.220. The average molecular weight is 289 g/mol. The third-order valence-electron chi connectivity index (χ3n) is 2.18. The van der Waals surface area contributed by atoms with Gasteiger partial charge in [-0.25, -0.2) is 4.98 Å². The quantitative estimate of drug-likeness (QED) is 0.780. The number of nitrogens with one attached hydrogen (secondary N) is 1. The van der Waals surface area contributed by atoms with Gasteiger partial charge in [0.05, 0.1) is 4.47 Å². The zero-order valence-electron chi connectivity index (χ0n) is 9.81. The summed E-state index contributed by atoms with van der Waals surface area (Å²) in [5, 5.41) is 0. The molecule has 2 nitrogen and oxygen atoms in total. The Morgan fingerprint density at radius 2 is 1.87 bits per heavy atom. The summed E-state index contributed by atoms with van der Waals surface area (Å²) >= 11 is 8.74. The average Bonchev–Trinajstić information content (AvgIpc) is 2.06. The van der Waals surface area contributed by atoms with Gasteiger partial charge in [-0.1, -0.05) is 46.8 Å². The Kier molecular flexibility index (Phi) is 3.71. The zero-order chi connectivity index (χ0) is 11.8. The zero-order valence-corrected chi connectivity index (χ0v) is 12.2. The fraction of sp³-hybridized carbons (Fsp3) is 0.636. The molecular weight excluding hydrogens is 272 g/mol. The highest BCUT2D eigenvalue weighted by Crippen LogP contribution is 2.29. The topological polar surface area (TPSA) is 28.7 Å². The maximum Gasteiger partial charge on any atom is 0.144 e. The molecule has 0 unspecified atom stereocenters. The number of rotatable bonds is 1. The van der Waals surface area contributed by atoms with E-state index in [1.807, 2.05) is 0 Å². The molecule has 1 N–H and O–H groups in total. The molecule has 4 heteroatoms. The minimum absolute atomic E-state index is 0.0406.